The molecule has 1 rings (SSSR count). The third-order valence-electron chi connectivity index (χ3n) is 2.69. The largest absolute Gasteiger partial charge is 0.385 e. The summed E-state index contributed by atoms with van der Waals surface area (Å²) in [4.78, 5) is 0. The summed E-state index contributed by atoms with van der Waals surface area (Å²) in [6.45, 7) is 4.06. The van der Waals surface area contributed by atoms with Gasteiger partial charge in [0.05, 0.1) is 17.5 Å². The number of methoxy groups -OCH3 is 2. The van der Waals surface area contributed by atoms with Crippen LogP contribution in [0.5, 0.6) is 0 Å². The molecule has 1 unspecified atom stereocenters. The van der Waals surface area contributed by atoms with Crippen molar-refractivity contribution in [2.75, 3.05) is 27.4 Å². The van der Waals surface area contributed by atoms with Crippen LogP contribution in [0.15, 0.2) is 0 Å². The first-order valence-corrected chi connectivity index (χ1v) is 5.88. The molecule has 0 spiro atoms. The monoisotopic (exact) mass is 242 g/mol. The smallest absolute Gasteiger partial charge is 0.0978 e. The third kappa shape index (κ3) is 3.76. The van der Waals surface area contributed by atoms with E-state index in [0.717, 1.165) is 30.8 Å². The van der Waals surface area contributed by atoms with E-state index in [9.17, 15) is 0 Å². The van der Waals surface area contributed by atoms with Gasteiger partial charge < -0.3 is 15.2 Å². The number of ether oxygens (including phenoxy) is 2. The zero-order valence-corrected chi connectivity index (χ0v) is 10.8. The van der Waals surface area contributed by atoms with Gasteiger partial charge >= 0.3 is 0 Å². The van der Waals surface area contributed by atoms with E-state index in [4.69, 9.17) is 15.2 Å². The van der Waals surface area contributed by atoms with E-state index in [1.807, 2.05) is 11.6 Å². The first kappa shape index (κ1) is 14.1. The Balaban J connectivity index is 2.80. The van der Waals surface area contributed by atoms with E-state index in [1.54, 1.807) is 14.2 Å². The highest BCUT2D eigenvalue weighted by Crippen LogP contribution is 2.19. The van der Waals surface area contributed by atoms with Crippen LogP contribution in [0.2, 0.25) is 0 Å². The van der Waals surface area contributed by atoms with Gasteiger partial charge in [-0.1, -0.05) is 5.21 Å². The van der Waals surface area contributed by atoms with Crippen LogP contribution < -0.4 is 5.73 Å². The van der Waals surface area contributed by atoms with E-state index in [0.29, 0.717) is 13.2 Å². The molecule has 1 heterocycles. The normalized spacial score (nSPS) is 12.9. The van der Waals surface area contributed by atoms with Gasteiger partial charge in [-0.2, -0.15) is 0 Å². The summed E-state index contributed by atoms with van der Waals surface area (Å²) in [6.07, 6.45) is 1.62. The summed E-state index contributed by atoms with van der Waals surface area (Å²) in [5.74, 6) is 0. The minimum atomic E-state index is -0.0194. The zero-order valence-electron chi connectivity index (χ0n) is 10.8. The van der Waals surface area contributed by atoms with Crippen LogP contribution in [0.1, 0.15) is 30.8 Å². The van der Waals surface area contributed by atoms with Gasteiger partial charge in [-0.3, -0.25) is 0 Å². The molecule has 0 aliphatic heterocycles. The average Bonchev–Trinajstić information content (AvgIpc) is 2.72. The molecule has 2 N–H and O–H groups in total. The lowest BCUT2D eigenvalue weighted by Crippen LogP contribution is -2.13. The molecular weight excluding hydrogens is 220 g/mol. The molecule has 0 fully saturated rings. The number of aryl methyl sites for hydroxylation is 1. The summed E-state index contributed by atoms with van der Waals surface area (Å²) >= 11 is 0. The van der Waals surface area contributed by atoms with Crippen molar-refractivity contribution in [3.8, 4) is 0 Å². The minimum Gasteiger partial charge on any atom is -0.385 e. The Kier molecular flexibility index (Phi) is 6.10. The van der Waals surface area contributed by atoms with E-state index in [-0.39, 0.29) is 6.10 Å². The fraction of sp³-hybridized carbons (Fsp3) is 0.818. The fourth-order valence-corrected chi connectivity index (χ4v) is 1.75. The van der Waals surface area contributed by atoms with Crippen LogP contribution in [0.3, 0.4) is 0 Å². The standard InChI is InChI=1S/C11H22N4O2/c1-9(17-3)11-10(5-6-12)13-14-15(11)7-4-8-16-2/h9H,4-8,12H2,1-3H3. The number of hydrogen-bond donors (Lipinski definition) is 1. The van der Waals surface area contributed by atoms with E-state index in [2.05, 4.69) is 10.3 Å². The molecule has 0 aromatic carbocycles. The Morgan fingerprint density at radius 3 is 2.76 bits per heavy atom. The second kappa shape index (κ2) is 7.37. The first-order chi connectivity index (χ1) is 8.24. The predicted molar refractivity (Wildman–Crippen MR) is 64.7 cm³/mol. The highest BCUT2D eigenvalue weighted by atomic mass is 16.5. The molecule has 1 aromatic rings. The number of nitrogens with zero attached hydrogens (tertiary/aromatic N) is 3. The van der Waals surface area contributed by atoms with Gasteiger partial charge in [-0.15, -0.1) is 5.10 Å². The molecule has 0 radical (unpaired) electrons. The van der Waals surface area contributed by atoms with Crippen molar-refractivity contribution in [2.45, 2.75) is 32.4 Å². The maximum atomic E-state index is 5.56. The van der Waals surface area contributed by atoms with E-state index in [1.165, 1.54) is 0 Å². The Morgan fingerprint density at radius 1 is 1.41 bits per heavy atom. The predicted octanol–water partition coefficient (Wildman–Crippen LogP) is 0.523. The maximum absolute atomic E-state index is 5.56. The van der Waals surface area contributed by atoms with Gasteiger partial charge in [0.25, 0.3) is 0 Å². The first-order valence-electron chi connectivity index (χ1n) is 5.88. The van der Waals surface area contributed by atoms with Gasteiger partial charge in [0.1, 0.15) is 0 Å². The molecule has 1 atom stereocenters. The Hall–Kier alpha value is -0.980. The summed E-state index contributed by atoms with van der Waals surface area (Å²) in [6, 6.07) is 0. The Labute approximate surface area is 102 Å². The average molecular weight is 242 g/mol. The van der Waals surface area contributed by atoms with Crippen LogP contribution in [0, 0.1) is 0 Å². The minimum absolute atomic E-state index is 0.0194. The lowest BCUT2D eigenvalue weighted by atomic mass is 10.1. The van der Waals surface area contributed by atoms with Crippen molar-refractivity contribution in [3.05, 3.63) is 11.4 Å². The van der Waals surface area contributed by atoms with Crippen LogP contribution in [0.25, 0.3) is 0 Å². The van der Waals surface area contributed by atoms with Crippen molar-refractivity contribution >= 4 is 0 Å². The molecule has 6 nitrogen and oxygen atoms in total. The summed E-state index contributed by atoms with van der Waals surface area (Å²) in [7, 11) is 3.38. The number of hydrogen-bond acceptors (Lipinski definition) is 5. The van der Waals surface area contributed by atoms with Crippen LogP contribution in [0.4, 0.5) is 0 Å². The third-order valence-corrected chi connectivity index (χ3v) is 2.69. The zero-order chi connectivity index (χ0) is 12.7. The fourth-order valence-electron chi connectivity index (χ4n) is 1.75. The molecule has 0 amide bonds. The summed E-state index contributed by atoms with van der Waals surface area (Å²) < 4.78 is 12.3. The van der Waals surface area contributed by atoms with Crippen molar-refractivity contribution in [1.82, 2.24) is 15.0 Å². The van der Waals surface area contributed by atoms with Gasteiger partial charge in [-0.25, -0.2) is 4.68 Å². The van der Waals surface area contributed by atoms with Crippen molar-refractivity contribution in [3.63, 3.8) is 0 Å². The Morgan fingerprint density at radius 2 is 2.18 bits per heavy atom. The van der Waals surface area contributed by atoms with Gasteiger partial charge in [0.2, 0.25) is 0 Å². The Bertz CT molecular complexity index is 327. The highest BCUT2D eigenvalue weighted by molar-refractivity contribution is 5.13. The molecule has 0 saturated heterocycles. The molecule has 17 heavy (non-hydrogen) atoms. The molecule has 0 bridgehead atoms. The number of rotatable bonds is 8. The SMILES string of the molecule is COCCCn1nnc(CCN)c1C(C)OC. The second-order valence-electron chi connectivity index (χ2n) is 3.91. The van der Waals surface area contributed by atoms with Crippen molar-refractivity contribution in [2.24, 2.45) is 5.73 Å². The van der Waals surface area contributed by atoms with Crippen molar-refractivity contribution < 1.29 is 9.47 Å². The molecular formula is C11H22N4O2. The number of aromatic nitrogens is 3. The van der Waals surface area contributed by atoms with E-state index < -0.39 is 0 Å². The molecule has 6 heteroatoms. The van der Waals surface area contributed by atoms with Gasteiger partial charge in [0.15, 0.2) is 0 Å². The second-order valence-corrected chi connectivity index (χ2v) is 3.91. The molecule has 1 aromatic heterocycles. The summed E-state index contributed by atoms with van der Waals surface area (Å²) in [5.41, 5.74) is 7.52. The lowest BCUT2D eigenvalue weighted by Gasteiger charge is -2.13. The van der Waals surface area contributed by atoms with E-state index >= 15 is 0 Å². The van der Waals surface area contributed by atoms with Crippen LogP contribution in [-0.4, -0.2) is 42.4 Å². The molecule has 0 aliphatic rings. The number of nitrogens with two attached hydrogens (primary N) is 1. The van der Waals surface area contributed by atoms with Crippen LogP contribution >= 0.6 is 0 Å². The maximum Gasteiger partial charge on any atom is 0.0978 e. The quantitative estimate of drug-likeness (QED) is 0.673. The molecule has 98 valence electrons. The highest BCUT2D eigenvalue weighted by Gasteiger charge is 2.17. The van der Waals surface area contributed by atoms with Crippen molar-refractivity contribution in [1.29, 1.82) is 0 Å². The summed E-state index contributed by atoms with van der Waals surface area (Å²) in [5, 5.41) is 8.32. The molecule has 0 saturated carbocycles. The molecule has 0 aliphatic carbocycles. The van der Waals surface area contributed by atoms with Crippen LogP contribution in [-0.2, 0) is 22.4 Å². The van der Waals surface area contributed by atoms with Gasteiger partial charge in [-0.05, 0) is 19.9 Å². The van der Waals surface area contributed by atoms with Gasteiger partial charge in [0, 0.05) is 33.8 Å². The lowest BCUT2D eigenvalue weighted by molar-refractivity contribution is 0.109. The topological polar surface area (TPSA) is 75.2 Å².